The van der Waals surface area contributed by atoms with Crippen LogP contribution in [0.4, 0.5) is 8.78 Å². The van der Waals surface area contributed by atoms with E-state index in [4.69, 9.17) is 5.11 Å². The van der Waals surface area contributed by atoms with Crippen LogP contribution in [-0.2, 0) is 0 Å². The molecule has 0 heterocycles. The van der Waals surface area contributed by atoms with Gasteiger partial charge in [0.15, 0.2) is 17.3 Å². The van der Waals surface area contributed by atoms with Gasteiger partial charge in [-0.25, -0.2) is 8.78 Å². The van der Waals surface area contributed by atoms with E-state index < -0.39 is 23.2 Å². The molecule has 5 heteroatoms. The van der Waals surface area contributed by atoms with Gasteiger partial charge in [0.25, 0.3) is 0 Å². The lowest BCUT2D eigenvalue weighted by molar-refractivity contribution is 0.0989. The van der Waals surface area contributed by atoms with Crippen molar-refractivity contribution in [3.8, 4) is 5.75 Å². The first-order valence-electron chi connectivity index (χ1n) is 3.92. The molecule has 0 aliphatic heterocycles. The molecular weight excluding hydrogens is 192 g/mol. The summed E-state index contributed by atoms with van der Waals surface area (Å²) >= 11 is 0. The molecule has 0 atom stereocenters. The van der Waals surface area contributed by atoms with Crippen LogP contribution in [0.5, 0.6) is 5.75 Å². The number of ketones is 1. The van der Waals surface area contributed by atoms with Gasteiger partial charge in [-0.15, -0.1) is 0 Å². The van der Waals surface area contributed by atoms with Gasteiger partial charge in [-0.05, 0) is 13.1 Å². The summed E-state index contributed by atoms with van der Waals surface area (Å²) in [5.41, 5.74) is -0.350. The number of Topliss-reactive ketones (excluding diaryl/α,β-unsaturated/α-hetero) is 1. The third-order valence-corrected chi connectivity index (χ3v) is 1.67. The lowest BCUT2D eigenvalue weighted by atomic mass is 10.1. The van der Waals surface area contributed by atoms with Gasteiger partial charge < -0.3 is 10.4 Å². The number of carbonyl (C=O) groups is 1. The van der Waals surface area contributed by atoms with Crippen LogP contribution in [0.15, 0.2) is 12.1 Å². The van der Waals surface area contributed by atoms with Crippen molar-refractivity contribution in [1.82, 2.24) is 5.32 Å². The maximum atomic E-state index is 12.8. The molecule has 0 spiro atoms. The fourth-order valence-corrected chi connectivity index (χ4v) is 1.03. The van der Waals surface area contributed by atoms with E-state index in [1.807, 2.05) is 0 Å². The molecule has 1 rings (SSSR count). The van der Waals surface area contributed by atoms with Crippen molar-refractivity contribution in [3.63, 3.8) is 0 Å². The van der Waals surface area contributed by atoms with Crippen LogP contribution in [0.2, 0.25) is 0 Å². The van der Waals surface area contributed by atoms with E-state index in [-0.39, 0.29) is 12.1 Å². The number of nitrogens with one attached hydrogen (secondary N) is 1. The maximum absolute atomic E-state index is 12.8. The highest BCUT2D eigenvalue weighted by Gasteiger charge is 2.15. The molecule has 0 aliphatic carbocycles. The fourth-order valence-electron chi connectivity index (χ4n) is 1.03. The maximum Gasteiger partial charge on any atom is 0.180 e. The minimum atomic E-state index is -1.13. The first kappa shape index (κ1) is 10.6. The van der Waals surface area contributed by atoms with Crippen LogP contribution in [0.1, 0.15) is 10.4 Å². The van der Waals surface area contributed by atoms with Gasteiger partial charge >= 0.3 is 0 Å². The topological polar surface area (TPSA) is 49.3 Å². The van der Waals surface area contributed by atoms with Crippen molar-refractivity contribution in [2.45, 2.75) is 0 Å². The third kappa shape index (κ3) is 2.05. The molecule has 1 aromatic carbocycles. The Morgan fingerprint density at radius 1 is 1.50 bits per heavy atom. The minimum absolute atomic E-state index is 0.0869. The second kappa shape index (κ2) is 4.15. The van der Waals surface area contributed by atoms with Crippen molar-refractivity contribution >= 4 is 5.78 Å². The Morgan fingerprint density at radius 2 is 2.14 bits per heavy atom. The summed E-state index contributed by atoms with van der Waals surface area (Å²) in [5, 5.41) is 11.7. The number of hydrogen-bond acceptors (Lipinski definition) is 3. The van der Waals surface area contributed by atoms with E-state index in [0.717, 1.165) is 6.07 Å². The molecule has 0 aliphatic rings. The van der Waals surface area contributed by atoms with Crippen molar-refractivity contribution in [1.29, 1.82) is 0 Å². The van der Waals surface area contributed by atoms with E-state index in [0.29, 0.717) is 6.07 Å². The predicted molar refractivity (Wildman–Crippen MR) is 46.3 cm³/mol. The van der Waals surface area contributed by atoms with Gasteiger partial charge in [-0.2, -0.15) is 0 Å². The van der Waals surface area contributed by atoms with Crippen LogP contribution < -0.4 is 5.32 Å². The van der Waals surface area contributed by atoms with Crippen molar-refractivity contribution < 1.29 is 18.7 Å². The number of carbonyl (C=O) groups excluding carboxylic acids is 1. The highest BCUT2D eigenvalue weighted by molar-refractivity contribution is 6.00. The highest BCUT2D eigenvalue weighted by Crippen LogP contribution is 2.22. The zero-order valence-corrected chi connectivity index (χ0v) is 7.47. The molecular formula is C9H9F2NO2. The number of rotatable bonds is 3. The lowest BCUT2D eigenvalue weighted by Crippen LogP contribution is -2.19. The second-order valence-electron chi connectivity index (χ2n) is 2.74. The number of benzene rings is 1. The number of halogens is 2. The number of hydrogen-bond donors (Lipinski definition) is 2. The Labute approximate surface area is 79.4 Å². The average Bonchev–Trinajstić information content (AvgIpc) is 2.11. The molecule has 0 amide bonds. The van der Waals surface area contributed by atoms with Crippen molar-refractivity contribution in [2.75, 3.05) is 13.6 Å². The summed E-state index contributed by atoms with van der Waals surface area (Å²) in [5.74, 6) is -3.40. The number of likely N-dealkylation sites (N-methyl/N-ethyl adjacent to an activating group) is 1. The molecule has 14 heavy (non-hydrogen) atoms. The molecule has 2 N–H and O–H groups in total. The SMILES string of the molecule is CNCC(=O)c1cc(F)cc(F)c1O. The summed E-state index contributed by atoms with van der Waals surface area (Å²) in [4.78, 5) is 11.2. The predicted octanol–water partition coefficient (Wildman–Crippen LogP) is 1.07. The summed E-state index contributed by atoms with van der Waals surface area (Å²) < 4.78 is 25.5. The number of phenols is 1. The quantitative estimate of drug-likeness (QED) is 0.719. The van der Waals surface area contributed by atoms with E-state index in [1.165, 1.54) is 7.05 Å². The van der Waals surface area contributed by atoms with E-state index in [9.17, 15) is 13.6 Å². The first-order valence-corrected chi connectivity index (χ1v) is 3.92. The Hall–Kier alpha value is -1.49. The minimum Gasteiger partial charge on any atom is -0.504 e. The van der Waals surface area contributed by atoms with E-state index in [2.05, 4.69) is 5.32 Å². The zero-order valence-electron chi connectivity index (χ0n) is 7.47. The summed E-state index contributed by atoms with van der Waals surface area (Å²) in [6.45, 7) is -0.0869. The smallest absolute Gasteiger partial charge is 0.180 e. The molecule has 1 aromatic rings. The van der Waals surface area contributed by atoms with Crippen molar-refractivity contribution in [3.05, 3.63) is 29.3 Å². The zero-order chi connectivity index (χ0) is 10.7. The van der Waals surface area contributed by atoms with Gasteiger partial charge in [0.05, 0.1) is 12.1 Å². The Morgan fingerprint density at radius 3 is 2.71 bits per heavy atom. The van der Waals surface area contributed by atoms with E-state index in [1.54, 1.807) is 0 Å². The van der Waals surface area contributed by atoms with E-state index >= 15 is 0 Å². The van der Waals surface area contributed by atoms with Gasteiger partial charge in [0.1, 0.15) is 5.82 Å². The molecule has 0 saturated heterocycles. The summed E-state index contributed by atoms with van der Waals surface area (Å²) in [7, 11) is 1.52. The van der Waals surface area contributed by atoms with Crippen LogP contribution in [0.3, 0.4) is 0 Å². The molecule has 3 nitrogen and oxygen atoms in total. The summed E-state index contributed by atoms with van der Waals surface area (Å²) in [6.07, 6.45) is 0. The monoisotopic (exact) mass is 201 g/mol. The van der Waals surface area contributed by atoms with Crippen LogP contribution in [-0.4, -0.2) is 24.5 Å². The molecule has 0 aromatic heterocycles. The largest absolute Gasteiger partial charge is 0.504 e. The molecule has 0 unspecified atom stereocenters. The molecule has 0 saturated carbocycles. The van der Waals surface area contributed by atoms with Gasteiger partial charge in [0.2, 0.25) is 0 Å². The third-order valence-electron chi connectivity index (χ3n) is 1.67. The van der Waals surface area contributed by atoms with Crippen LogP contribution in [0, 0.1) is 11.6 Å². The standard InChI is InChI=1S/C9H9F2NO2/c1-12-4-8(13)6-2-5(10)3-7(11)9(6)14/h2-3,12,14H,4H2,1H3. The summed E-state index contributed by atoms with van der Waals surface area (Å²) in [6, 6.07) is 1.32. The Bertz CT molecular complexity index is 366. The fraction of sp³-hybridized carbons (Fsp3) is 0.222. The Kier molecular flexibility index (Phi) is 3.14. The molecule has 76 valence electrons. The second-order valence-corrected chi connectivity index (χ2v) is 2.74. The van der Waals surface area contributed by atoms with Crippen LogP contribution >= 0.6 is 0 Å². The lowest BCUT2D eigenvalue weighted by Gasteiger charge is -2.04. The van der Waals surface area contributed by atoms with Crippen LogP contribution in [0.25, 0.3) is 0 Å². The highest BCUT2D eigenvalue weighted by atomic mass is 19.1. The van der Waals surface area contributed by atoms with Crippen molar-refractivity contribution in [2.24, 2.45) is 0 Å². The molecule has 0 radical (unpaired) electrons. The van der Waals surface area contributed by atoms with Gasteiger partial charge in [0, 0.05) is 6.07 Å². The normalized spacial score (nSPS) is 10.2. The number of phenolic OH excluding ortho intramolecular Hbond substituents is 1. The van der Waals surface area contributed by atoms with Gasteiger partial charge in [-0.3, -0.25) is 4.79 Å². The average molecular weight is 201 g/mol. The first-order chi connectivity index (χ1) is 6.56. The van der Waals surface area contributed by atoms with Gasteiger partial charge in [-0.1, -0.05) is 0 Å². The molecule has 0 bridgehead atoms. The number of aromatic hydroxyl groups is 1. The Balaban J connectivity index is 3.13. The molecule has 0 fully saturated rings.